The van der Waals surface area contributed by atoms with Crippen LogP contribution in [0.1, 0.15) is 24.2 Å². The molecule has 0 spiro atoms. The predicted octanol–water partition coefficient (Wildman–Crippen LogP) is 4.02. The van der Waals surface area contributed by atoms with Crippen LogP contribution in [0.15, 0.2) is 48.7 Å². The highest BCUT2D eigenvalue weighted by Gasteiger charge is 2.20. The van der Waals surface area contributed by atoms with Gasteiger partial charge in [-0.1, -0.05) is 48.0 Å². The molecule has 108 valence electrons. The lowest BCUT2D eigenvalue weighted by Gasteiger charge is -2.19. The van der Waals surface area contributed by atoms with E-state index in [1.165, 1.54) is 16.3 Å². The maximum atomic E-state index is 6.34. The van der Waals surface area contributed by atoms with Crippen molar-refractivity contribution in [3.63, 3.8) is 0 Å². The molecule has 3 aromatic rings. The maximum Gasteiger partial charge on any atom is 0.0837 e. The minimum atomic E-state index is 0.0320. The highest BCUT2D eigenvalue weighted by atomic mass is 35.5. The molecule has 0 radical (unpaired) electrons. The lowest BCUT2D eigenvalue weighted by molar-refractivity contribution is 0.564. The first kappa shape index (κ1) is 14.1. The van der Waals surface area contributed by atoms with E-state index in [0.29, 0.717) is 5.02 Å². The van der Waals surface area contributed by atoms with Crippen molar-refractivity contribution in [2.75, 3.05) is 7.05 Å². The van der Waals surface area contributed by atoms with Gasteiger partial charge in [-0.15, -0.1) is 0 Å². The van der Waals surface area contributed by atoms with Gasteiger partial charge in [0.1, 0.15) is 0 Å². The average molecular weight is 300 g/mol. The van der Waals surface area contributed by atoms with Crippen LogP contribution in [0.25, 0.3) is 10.8 Å². The molecule has 1 unspecified atom stereocenters. The van der Waals surface area contributed by atoms with Crippen molar-refractivity contribution in [1.29, 1.82) is 0 Å². The number of hydrogen-bond acceptors (Lipinski definition) is 2. The molecule has 3 nitrogen and oxygen atoms in total. The van der Waals surface area contributed by atoms with Crippen LogP contribution in [-0.2, 0) is 6.54 Å². The van der Waals surface area contributed by atoms with E-state index in [-0.39, 0.29) is 6.04 Å². The Balaban J connectivity index is 2.11. The molecule has 2 aromatic carbocycles. The van der Waals surface area contributed by atoms with Crippen molar-refractivity contribution < 1.29 is 0 Å². The summed E-state index contributed by atoms with van der Waals surface area (Å²) in [4.78, 5) is 0. The molecule has 0 bridgehead atoms. The smallest absolute Gasteiger partial charge is 0.0837 e. The van der Waals surface area contributed by atoms with Crippen LogP contribution in [0.4, 0.5) is 0 Å². The van der Waals surface area contributed by atoms with Crippen molar-refractivity contribution >= 4 is 22.4 Å². The average Bonchev–Trinajstić information content (AvgIpc) is 2.89. The molecule has 1 atom stereocenters. The van der Waals surface area contributed by atoms with Gasteiger partial charge in [0.25, 0.3) is 0 Å². The molecule has 0 amide bonds. The normalized spacial score (nSPS) is 12.7. The summed E-state index contributed by atoms with van der Waals surface area (Å²) in [6.45, 7) is 2.87. The molecule has 3 rings (SSSR count). The van der Waals surface area contributed by atoms with Crippen LogP contribution >= 0.6 is 11.6 Å². The van der Waals surface area contributed by atoms with E-state index in [4.69, 9.17) is 11.6 Å². The third-order valence-corrected chi connectivity index (χ3v) is 4.09. The number of rotatable bonds is 4. The number of halogens is 1. The molecular weight excluding hydrogens is 282 g/mol. The van der Waals surface area contributed by atoms with Gasteiger partial charge in [-0.05, 0) is 36.4 Å². The quantitative estimate of drug-likeness (QED) is 0.788. The number of hydrogen-bond donors (Lipinski definition) is 1. The summed E-state index contributed by atoms with van der Waals surface area (Å²) in [5.41, 5.74) is 2.20. The summed E-state index contributed by atoms with van der Waals surface area (Å²) < 4.78 is 1.94. The molecule has 1 N–H and O–H groups in total. The number of aromatic nitrogens is 2. The zero-order valence-electron chi connectivity index (χ0n) is 12.2. The lowest BCUT2D eigenvalue weighted by Crippen LogP contribution is -2.21. The summed E-state index contributed by atoms with van der Waals surface area (Å²) in [5.74, 6) is 0. The molecule has 0 aliphatic heterocycles. The third kappa shape index (κ3) is 2.55. The number of nitrogens with one attached hydrogen (secondary N) is 1. The summed E-state index contributed by atoms with van der Waals surface area (Å²) in [7, 11) is 1.95. The van der Waals surface area contributed by atoms with Gasteiger partial charge in [0.15, 0.2) is 0 Å². The molecule has 0 saturated heterocycles. The fourth-order valence-corrected chi connectivity index (χ4v) is 3.01. The second kappa shape index (κ2) is 5.88. The molecule has 1 aromatic heterocycles. The Kier molecular flexibility index (Phi) is 3.95. The van der Waals surface area contributed by atoms with Gasteiger partial charge in [-0.3, -0.25) is 4.68 Å². The Morgan fingerprint density at radius 2 is 1.95 bits per heavy atom. The van der Waals surface area contributed by atoms with Gasteiger partial charge in [-0.2, -0.15) is 5.10 Å². The molecule has 0 fully saturated rings. The van der Waals surface area contributed by atoms with Crippen molar-refractivity contribution in [3.8, 4) is 0 Å². The van der Waals surface area contributed by atoms with Crippen LogP contribution in [0, 0.1) is 0 Å². The molecular formula is C17H18ClN3. The predicted molar refractivity (Wildman–Crippen MR) is 87.8 cm³/mol. The van der Waals surface area contributed by atoms with Crippen LogP contribution in [0.5, 0.6) is 0 Å². The van der Waals surface area contributed by atoms with Crippen LogP contribution < -0.4 is 5.32 Å². The van der Waals surface area contributed by atoms with Crippen molar-refractivity contribution in [2.45, 2.75) is 19.5 Å². The number of aryl methyl sites for hydroxylation is 1. The number of benzene rings is 2. The first-order chi connectivity index (χ1) is 10.2. The summed E-state index contributed by atoms with van der Waals surface area (Å²) in [6.07, 6.45) is 1.71. The Labute approximate surface area is 129 Å². The minimum Gasteiger partial charge on any atom is -0.308 e. The van der Waals surface area contributed by atoms with Crippen LogP contribution in [0.3, 0.4) is 0 Å². The molecule has 4 heteroatoms. The van der Waals surface area contributed by atoms with Crippen molar-refractivity contribution in [3.05, 3.63) is 64.9 Å². The maximum absolute atomic E-state index is 6.34. The highest BCUT2D eigenvalue weighted by molar-refractivity contribution is 6.31. The van der Waals surface area contributed by atoms with Gasteiger partial charge in [0.2, 0.25) is 0 Å². The minimum absolute atomic E-state index is 0.0320. The second-order valence-electron chi connectivity index (χ2n) is 5.02. The van der Waals surface area contributed by atoms with E-state index in [2.05, 4.69) is 59.8 Å². The summed E-state index contributed by atoms with van der Waals surface area (Å²) in [5, 5.41) is 10.9. The Morgan fingerprint density at radius 1 is 1.19 bits per heavy atom. The van der Waals surface area contributed by atoms with E-state index in [9.17, 15) is 0 Å². The molecule has 1 heterocycles. The zero-order chi connectivity index (χ0) is 14.8. The summed E-state index contributed by atoms with van der Waals surface area (Å²) in [6, 6.07) is 14.9. The van der Waals surface area contributed by atoms with Crippen molar-refractivity contribution in [1.82, 2.24) is 15.1 Å². The van der Waals surface area contributed by atoms with E-state index in [1.807, 2.05) is 11.7 Å². The van der Waals surface area contributed by atoms with Gasteiger partial charge in [-0.25, -0.2) is 0 Å². The highest BCUT2D eigenvalue weighted by Crippen LogP contribution is 2.29. The van der Waals surface area contributed by atoms with Gasteiger partial charge >= 0.3 is 0 Å². The Hall–Kier alpha value is -1.84. The Bertz CT molecular complexity index is 764. The van der Waals surface area contributed by atoms with Crippen molar-refractivity contribution in [2.24, 2.45) is 0 Å². The zero-order valence-corrected chi connectivity index (χ0v) is 12.9. The largest absolute Gasteiger partial charge is 0.308 e. The standard InChI is InChI=1S/C17H18ClN3/c1-3-21-17(15(18)11-20-21)16(19-2)14-9-8-12-6-4-5-7-13(12)10-14/h4-11,16,19H,3H2,1-2H3. The fourth-order valence-electron chi connectivity index (χ4n) is 2.76. The first-order valence-electron chi connectivity index (χ1n) is 7.11. The molecule has 21 heavy (non-hydrogen) atoms. The number of nitrogens with zero attached hydrogens (tertiary/aromatic N) is 2. The molecule has 0 aliphatic carbocycles. The monoisotopic (exact) mass is 299 g/mol. The molecule has 0 saturated carbocycles. The SMILES string of the molecule is CCn1ncc(Cl)c1C(NC)c1ccc2ccccc2c1. The van der Waals surface area contributed by atoms with Crippen LogP contribution in [-0.4, -0.2) is 16.8 Å². The Morgan fingerprint density at radius 3 is 2.67 bits per heavy atom. The second-order valence-corrected chi connectivity index (χ2v) is 5.43. The first-order valence-corrected chi connectivity index (χ1v) is 7.49. The van der Waals surface area contributed by atoms with Gasteiger partial charge in [0, 0.05) is 6.54 Å². The summed E-state index contributed by atoms with van der Waals surface area (Å²) >= 11 is 6.34. The topological polar surface area (TPSA) is 29.9 Å². The van der Waals surface area contributed by atoms with Gasteiger partial charge in [0.05, 0.1) is 23.0 Å². The van der Waals surface area contributed by atoms with E-state index in [0.717, 1.165) is 12.2 Å². The third-order valence-electron chi connectivity index (χ3n) is 3.80. The van der Waals surface area contributed by atoms with Gasteiger partial charge < -0.3 is 5.32 Å². The van der Waals surface area contributed by atoms with E-state index >= 15 is 0 Å². The fraction of sp³-hybridized carbons (Fsp3) is 0.235. The van der Waals surface area contributed by atoms with E-state index < -0.39 is 0 Å². The number of fused-ring (bicyclic) bond motifs is 1. The lowest BCUT2D eigenvalue weighted by atomic mass is 9.99. The molecule has 0 aliphatic rings. The van der Waals surface area contributed by atoms with Crippen LogP contribution in [0.2, 0.25) is 5.02 Å². The van der Waals surface area contributed by atoms with E-state index in [1.54, 1.807) is 6.20 Å².